The Morgan fingerprint density at radius 2 is 2.19 bits per heavy atom. The maximum Gasteiger partial charge on any atom is 0.341 e. The summed E-state index contributed by atoms with van der Waals surface area (Å²) in [7, 11) is 1.25. The largest absolute Gasteiger partial charge is 0.507 e. The molecule has 1 unspecified atom stereocenters. The van der Waals surface area contributed by atoms with Gasteiger partial charge in [0.1, 0.15) is 11.3 Å². The van der Waals surface area contributed by atoms with Crippen molar-refractivity contribution in [3.05, 3.63) is 59.4 Å². The number of pyridine rings is 1. The van der Waals surface area contributed by atoms with Crippen LogP contribution in [0.4, 0.5) is 5.82 Å². The molecule has 2 aromatic heterocycles. The Morgan fingerprint density at radius 3 is 2.93 bits per heavy atom. The number of amides is 1. The van der Waals surface area contributed by atoms with Crippen molar-refractivity contribution in [3.63, 3.8) is 0 Å². The molecule has 0 bridgehead atoms. The number of phenolic OH excluding ortho intramolecular Hbond substituents is 1. The van der Waals surface area contributed by atoms with Gasteiger partial charge in [0.25, 0.3) is 0 Å². The molecule has 3 N–H and O–H groups in total. The van der Waals surface area contributed by atoms with Crippen molar-refractivity contribution in [2.24, 2.45) is 0 Å². The van der Waals surface area contributed by atoms with E-state index >= 15 is 0 Å². The smallest absolute Gasteiger partial charge is 0.341 e. The van der Waals surface area contributed by atoms with Gasteiger partial charge in [-0.1, -0.05) is 6.07 Å². The number of esters is 1. The Morgan fingerprint density at radius 1 is 1.33 bits per heavy atom. The highest BCUT2D eigenvalue weighted by Gasteiger charge is 2.32. The van der Waals surface area contributed by atoms with Gasteiger partial charge >= 0.3 is 5.97 Å². The average Bonchev–Trinajstić information content (AvgIpc) is 3.11. The van der Waals surface area contributed by atoms with Crippen LogP contribution in [0.15, 0.2) is 42.7 Å². The van der Waals surface area contributed by atoms with Gasteiger partial charge in [0.05, 0.1) is 12.8 Å². The summed E-state index contributed by atoms with van der Waals surface area (Å²) in [5.74, 6) is -0.890. The molecular weight excluding hydrogens is 348 g/mol. The fraction of sp³-hybridized carbons (Fsp3) is 0.158. The topological polar surface area (TPSA) is 117 Å². The Kier molecular flexibility index (Phi) is 4.08. The van der Waals surface area contributed by atoms with Crippen LogP contribution in [0.5, 0.6) is 5.75 Å². The lowest BCUT2D eigenvalue weighted by atomic mass is 9.84. The van der Waals surface area contributed by atoms with E-state index in [9.17, 15) is 14.7 Å². The van der Waals surface area contributed by atoms with Crippen molar-refractivity contribution < 1.29 is 19.4 Å². The maximum absolute atomic E-state index is 12.2. The van der Waals surface area contributed by atoms with Crippen molar-refractivity contribution >= 4 is 17.7 Å². The number of nitrogens with zero attached hydrogens (tertiary/aromatic N) is 2. The van der Waals surface area contributed by atoms with Gasteiger partial charge in [-0.05, 0) is 29.8 Å². The standard InChI is InChI=1S/C19H16N4O4/c1-27-19(26)13-7-10(4-5-14(13)24)12-8-15(25)21-18-16(12)17(22-23-18)11-3-2-6-20-9-11/h2-7,9,12,24H,8H2,1H3,(H2,21,22,23,25). The lowest BCUT2D eigenvalue weighted by Crippen LogP contribution is -2.23. The molecule has 0 radical (unpaired) electrons. The van der Waals surface area contributed by atoms with Crippen molar-refractivity contribution in [3.8, 4) is 17.0 Å². The number of aromatic amines is 1. The van der Waals surface area contributed by atoms with E-state index in [-0.39, 0.29) is 29.6 Å². The van der Waals surface area contributed by atoms with Gasteiger partial charge in [-0.2, -0.15) is 5.10 Å². The van der Waals surface area contributed by atoms with Crippen molar-refractivity contribution in [1.29, 1.82) is 0 Å². The van der Waals surface area contributed by atoms with Crippen molar-refractivity contribution in [2.45, 2.75) is 12.3 Å². The summed E-state index contributed by atoms with van der Waals surface area (Å²) in [6, 6.07) is 8.38. The summed E-state index contributed by atoms with van der Waals surface area (Å²) < 4.78 is 4.72. The first kappa shape index (κ1) is 16.8. The van der Waals surface area contributed by atoms with Gasteiger partial charge in [-0.25, -0.2) is 4.79 Å². The van der Waals surface area contributed by atoms with Crippen LogP contribution in [0, 0.1) is 0 Å². The number of fused-ring (bicyclic) bond motifs is 1. The number of H-pyrrole nitrogens is 1. The Balaban J connectivity index is 1.86. The number of carbonyl (C=O) groups excluding carboxylic acids is 2. The van der Waals surface area contributed by atoms with Crippen LogP contribution in [-0.4, -0.2) is 39.3 Å². The predicted molar refractivity (Wildman–Crippen MR) is 96.4 cm³/mol. The van der Waals surface area contributed by atoms with E-state index in [1.165, 1.54) is 13.2 Å². The maximum atomic E-state index is 12.2. The van der Waals surface area contributed by atoms with Crippen LogP contribution >= 0.6 is 0 Å². The fourth-order valence-electron chi connectivity index (χ4n) is 3.31. The number of aromatic nitrogens is 3. The number of benzene rings is 1. The number of nitrogens with one attached hydrogen (secondary N) is 2. The lowest BCUT2D eigenvalue weighted by Gasteiger charge is -2.24. The van der Waals surface area contributed by atoms with Crippen LogP contribution in [0.3, 0.4) is 0 Å². The van der Waals surface area contributed by atoms with E-state index < -0.39 is 5.97 Å². The number of aromatic hydroxyl groups is 1. The van der Waals surface area contributed by atoms with Gasteiger partial charge < -0.3 is 15.2 Å². The molecule has 8 nitrogen and oxygen atoms in total. The lowest BCUT2D eigenvalue weighted by molar-refractivity contribution is -0.116. The minimum atomic E-state index is -0.644. The highest BCUT2D eigenvalue weighted by atomic mass is 16.5. The number of phenols is 1. The summed E-state index contributed by atoms with van der Waals surface area (Å²) in [4.78, 5) is 28.2. The first-order valence-corrected chi connectivity index (χ1v) is 8.28. The molecule has 27 heavy (non-hydrogen) atoms. The average molecular weight is 364 g/mol. The minimum Gasteiger partial charge on any atom is -0.507 e. The monoisotopic (exact) mass is 364 g/mol. The van der Waals surface area contributed by atoms with Gasteiger partial charge in [0.2, 0.25) is 5.91 Å². The van der Waals surface area contributed by atoms with E-state index in [1.54, 1.807) is 24.5 Å². The molecule has 3 heterocycles. The molecule has 8 heteroatoms. The second kappa shape index (κ2) is 6.56. The molecule has 0 aliphatic carbocycles. The second-order valence-corrected chi connectivity index (χ2v) is 6.18. The molecule has 0 saturated heterocycles. The van der Waals surface area contributed by atoms with Crippen LogP contribution in [-0.2, 0) is 9.53 Å². The van der Waals surface area contributed by atoms with Crippen LogP contribution in [0.1, 0.15) is 33.8 Å². The molecule has 136 valence electrons. The molecule has 1 aliphatic rings. The molecule has 0 spiro atoms. The van der Waals surface area contributed by atoms with E-state index in [1.807, 2.05) is 12.1 Å². The van der Waals surface area contributed by atoms with Gasteiger partial charge in [-0.15, -0.1) is 0 Å². The number of methoxy groups -OCH3 is 1. The number of rotatable bonds is 3. The molecule has 3 aromatic rings. The zero-order chi connectivity index (χ0) is 19.0. The Labute approximate surface area is 154 Å². The third-order valence-electron chi connectivity index (χ3n) is 4.58. The highest BCUT2D eigenvalue weighted by Crippen LogP contribution is 2.42. The number of hydrogen-bond acceptors (Lipinski definition) is 6. The summed E-state index contributed by atoms with van der Waals surface area (Å²) >= 11 is 0. The van der Waals surface area contributed by atoms with Crippen molar-refractivity contribution in [2.75, 3.05) is 12.4 Å². The quantitative estimate of drug-likeness (QED) is 0.615. The van der Waals surface area contributed by atoms with Gasteiger partial charge in [0.15, 0.2) is 5.82 Å². The first-order valence-electron chi connectivity index (χ1n) is 8.28. The highest BCUT2D eigenvalue weighted by molar-refractivity contribution is 5.96. The summed E-state index contributed by atoms with van der Waals surface area (Å²) in [6.07, 6.45) is 3.57. The number of hydrogen-bond donors (Lipinski definition) is 3. The molecule has 1 amide bonds. The fourth-order valence-corrected chi connectivity index (χ4v) is 3.31. The van der Waals surface area contributed by atoms with E-state index in [0.717, 1.165) is 16.8 Å². The van der Waals surface area contributed by atoms with E-state index in [4.69, 9.17) is 4.74 Å². The van der Waals surface area contributed by atoms with Crippen LogP contribution < -0.4 is 5.32 Å². The Hall–Kier alpha value is -3.68. The molecule has 1 aliphatic heterocycles. The molecule has 0 saturated carbocycles. The minimum absolute atomic E-state index is 0.0500. The van der Waals surface area contributed by atoms with E-state index in [2.05, 4.69) is 20.5 Å². The SMILES string of the molecule is COC(=O)c1cc(C2CC(=O)Nc3n[nH]c(-c4cccnc4)c32)ccc1O. The third-order valence-corrected chi connectivity index (χ3v) is 4.58. The molecule has 4 rings (SSSR count). The zero-order valence-corrected chi connectivity index (χ0v) is 14.4. The first-order chi connectivity index (χ1) is 13.1. The summed E-state index contributed by atoms with van der Waals surface area (Å²) in [5.41, 5.74) is 3.14. The molecular formula is C19H16N4O4. The normalized spacial score (nSPS) is 15.7. The van der Waals surface area contributed by atoms with Crippen LogP contribution in [0.2, 0.25) is 0 Å². The van der Waals surface area contributed by atoms with Crippen molar-refractivity contribution in [1.82, 2.24) is 15.2 Å². The molecule has 0 fully saturated rings. The van der Waals surface area contributed by atoms with Gasteiger partial charge in [0, 0.05) is 35.9 Å². The summed E-state index contributed by atoms with van der Waals surface area (Å²) in [5, 5.41) is 19.9. The van der Waals surface area contributed by atoms with E-state index in [0.29, 0.717) is 11.4 Å². The molecule has 1 aromatic carbocycles. The number of carbonyl (C=O) groups is 2. The number of ether oxygens (including phenoxy) is 1. The third kappa shape index (κ3) is 2.91. The second-order valence-electron chi connectivity index (χ2n) is 6.18. The zero-order valence-electron chi connectivity index (χ0n) is 14.4. The summed E-state index contributed by atoms with van der Waals surface area (Å²) in [6.45, 7) is 0. The molecule has 1 atom stereocenters. The number of anilines is 1. The predicted octanol–water partition coefficient (Wildman–Crippen LogP) is 2.44. The Bertz CT molecular complexity index is 1030. The van der Waals surface area contributed by atoms with Gasteiger partial charge in [-0.3, -0.25) is 14.9 Å². The van der Waals surface area contributed by atoms with Crippen LogP contribution in [0.25, 0.3) is 11.3 Å².